The van der Waals surface area contributed by atoms with Crippen LogP contribution < -0.4 is 16.6 Å². The third-order valence-corrected chi connectivity index (χ3v) is 5.61. The Balaban J connectivity index is 1.46. The van der Waals surface area contributed by atoms with E-state index in [0.717, 1.165) is 27.5 Å². The number of carbonyl (C=O) groups is 1. The van der Waals surface area contributed by atoms with Crippen LogP contribution in [-0.2, 0) is 11.2 Å². The van der Waals surface area contributed by atoms with E-state index in [1.165, 1.54) is 12.1 Å². The van der Waals surface area contributed by atoms with Gasteiger partial charge in [-0.1, -0.05) is 53.5 Å². The second kappa shape index (κ2) is 9.44. The molecule has 4 rings (SSSR count). The number of benzene rings is 3. The second-order valence-corrected chi connectivity index (χ2v) is 8.02. The van der Waals surface area contributed by atoms with Gasteiger partial charge in [-0.3, -0.25) is 19.1 Å². The molecule has 1 amide bonds. The molecule has 3 aromatic carbocycles. The van der Waals surface area contributed by atoms with Crippen molar-refractivity contribution in [1.29, 1.82) is 0 Å². The summed E-state index contributed by atoms with van der Waals surface area (Å²) in [5, 5.41) is 3.70. The smallest absolute Gasteiger partial charge is 0.326 e. The van der Waals surface area contributed by atoms with Gasteiger partial charge in [-0.2, -0.15) is 4.39 Å². The van der Waals surface area contributed by atoms with Gasteiger partial charge in [-0.25, -0.2) is 4.79 Å². The molecule has 6 nitrogen and oxygen atoms in total. The van der Waals surface area contributed by atoms with Gasteiger partial charge in [0, 0.05) is 5.69 Å². The number of halogens is 3. The van der Waals surface area contributed by atoms with E-state index in [1.807, 2.05) is 35.3 Å². The molecule has 0 saturated heterocycles. The molecule has 4 aromatic rings. The maximum atomic E-state index is 13.5. The summed E-state index contributed by atoms with van der Waals surface area (Å²) in [6.45, 7) is 0. The van der Waals surface area contributed by atoms with E-state index in [-0.39, 0.29) is 12.3 Å². The quantitative estimate of drug-likeness (QED) is 0.426. The Morgan fingerprint density at radius 2 is 1.67 bits per heavy atom. The summed E-state index contributed by atoms with van der Waals surface area (Å²) in [4.78, 5) is 37.5. The number of H-pyrrole nitrogens is 1. The molecular weight excluding hydrogens is 468 g/mol. The lowest BCUT2D eigenvalue weighted by Crippen LogP contribution is -2.30. The zero-order valence-electron chi connectivity index (χ0n) is 16.9. The minimum absolute atomic E-state index is 0.140. The van der Waals surface area contributed by atoms with E-state index in [1.54, 1.807) is 24.3 Å². The van der Waals surface area contributed by atoms with Gasteiger partial charge in [0.25, 0.3) is 5.56 Å². The number of aromatic amines is 1. The van der Waals surface area contributed by atoms with Gasteiger partial charge in [0.15, 0.2) is 0 Å². The van der Waals surface area contributed by atoms with Gasteiger partial charge in [0.2, 0.25) is 11.7 Å². The molecule has 0 spiro atoms. The Bertz CT molecular complexity index is 1460. The molecule has 9 heteroatoms. The van der Waals surface area contributed by atoms with E-state index in [9.17, 15) is 18.8 Å². The summed E-state index contributed by atoms with van der Waals surface area (Å²) in [5.41, 5.74) is 1.59. The van der Waals surface area contributed by atoms with Crippen molar-refractivity contribution in [3.8, 4) is 16.8 Å². The Morgan fingerprint density at radius 1 is 0.939 bits per heavy atom. The van der Waals surface area contributed by atoms with Crippen molar-refractivity contribution < 1.29 is 9.18 Å². The van der Waals surface area contributed by atoms with E-state index in [2.05, 4.69) is 5.32 Å². The second-order valence-electron chi connectivity index (χ2n) is 7.21. The highest BCUT2D eigenvalue weighted by atomic mass is 35.5. The maximum absolute atomic E-state index is 13.5. The first kappa shape index (κ1) is 22.5. The number of rotatable bonds is 5. The zero-order chi connectivity index (χ0) is 23.5. The van der Waals surface area contributed by atoms with Crippen molar-refractivity contribution in [2.45, 2.75) is 6.42 Å². The molecule has 0 atom stereocenters. The van der Waals surface area contributed by atoms with Crippen molar-refractivity contribution in [3.63, 3.8) is 0 Å². The van der Waals surface area contributed by atoms with Gasteiger partial charge in [0.05, 0.1) is 28.4 Å². The molecular formula is C24H16Cl2FN3O3. The monoisotopic (exact) mass is 483 g/mol. The van der Waals surface area contributed by atoms with Crippen LogP contribution in [0.15, 0.2) is 82.5 Å². The highest BCUT2D eigenvalue weighted by Crippen LogP contribution is 2.29. The summed E-state index contributed by atoms with van der Waals surface area (Å²) >= 11 is 12.1. The molecule has 0 saturated carbocycles. The lowest BCUT2D eigenvalue weighted by Gasteiger charge is -2.09. The number of nitrogens with one attached hydrogen (secondary N) is 2. The van der Waals surface area contributed by atoms with E-state index in [0.29, 0.717) is 21.4 Å². The van der Waals surface area contributed by atoms with Gasteiger partial charge >= 0.3 is 5.69 Å². The summed E-state index contributed by atoms with van der Waals surface area (Å²) in [5.74, 6) is -1.31. The summed E-state index contributed by atoms with van der Waals surface area (Å²) in [6, 6.07) is 19.1. The molecule has 1 heterocycles. The van der Waals surface area contributed by atoms with Gasteiger partial charge in [0.1, 0.15) is 0 Å². The summed E-state index contributed by atoms with van der Waals surface area (Å²) in [7, 11) is 0. The van der Waals surface area contributed by atoms with Crippen LogP contribution in [0.1, 0.15) is 5.56 Å². The Labute approximate surface area is 197 Å². The number of carbonyl (C=O) groups excluding carboxylic acids is 1. The van der Waals surface area contributed by atoms with Gasteiger partial charge in [-0.05, 0) is 53.1 Å². The Morgan fingerprint density at radius 3 is 2.39 bits per heavy atom. The number of nitrogens with zero attached hydrogens (tertiary/aromatic N) is 1. The third-order valence-electron chi connectivity index (χ3n) is 4.87. The molecule has 33 heavy (non-hydrogen) atoms. The molecule has 2 N–H and O–H groups in total. The molecule has 0 bridgehead atoms. The number of amides is 1. The van der Waals surface area contributed by atoms with Gasteiger partial charge < -0.3 is 5.32 Å². The predicted octanol–water partition coefficient (Wildman–Crippen LogP) is 4.82. The number of aromatic nitrogens is 2. The molecule has 0 aliphatic rings. The lowest BCUT2D eigenvalue weighted by atomic mass is 10.0. The van der Waals surface area contributed by atoms with Crippen molar-refractivity contribution in [2.24, 2.45) is 0 Å². The highest BCUT2D eigenvalue weighted by Gasteiger charge is 2.09. The third kappa shape index (κ3) is 5.22. The summed E-state index contributed by atoms with van der Waals surface area (Å²) < 4.78 is 14.5. The lowest BCUT2D eigenvalue weighted by molar-refractivity contribution is -0.115. The Kier molecular flexibility index (Phi) is 6.44. The molecule has 0 radical (unpaired) electrons. The molecule has 0 unspecified atom stereocenters. The van der Waals surface area contributed by atoms with E-state index in [4.69, 9.17) is 23.2 Å². The van der Waals surface area contributed by atoms with Crippen LogP contribution in [0, 0.1) is 5.82 Å². The normalized spacial score (nSPS) is 10.8. The fraction of sp³-hybridized carbons (Fsp3) is 0.0417. The van der Waals surface area contributed by atoms with Crippen molar-refractivity contribution in [1.82, 2.24) is 9.55 Å². The highest BCUT2D eigenvalue weighted by molar-refractivity contribution is 6.42. The predicted molar refractivity (Wildman–Crippen MR) is 127 cm³/mol. The van der Waals surface area contributed by atoms with Crippen LogP contribution in [0.4, 0.5) is 10.1 Å². The largest absolute Gasteiger partial charge is 0.333 e. The average Bonchev–Trinajstić information content (AvgIpc) is 2.79. The zero-order valence-corrected chi connectivity index (χ0v) is 18.5. The van der Waals surface area contributed by atoms with Crippen molar-refractivity contribution in [2.75, 3.05) is 5.32 Å². The number of hydrogen-bond donors (Lipinski definition) is 2. The minimum atomic E-state index is -1.08. The van der Waals surface area contributed by atoms with E-state index >= 15 is 0 Å². The molecule has 0 aliphatic carbocycles. The molecule has 0 aliphatic heterocycles. The Hall–Kier alpha value is -3.68. The van der Waals surface area contributed by atoms with Crippen molar-refractivity contribution >= 4 is 34.8 Å². The first-order valence-corrected chi connectivity index (χ1v) is 10.5. The fourth-order valence-corrected chi connectivity index (χ4v) is 3.57. The number of hydrogen-bond acceptors (Lipinski definition) is 3. The first-order valence-electron chi connectivity index (χ1n) is 9.76. The van der Waals surface area contributed by atoms with Crippen LogP contribution in [0.2, 0.25) is 10.0 Å². The van der Waals surface area contributed by atoms with Crippen LogP contribution in [0.25, 0.3) is 16.8 Å². The first-order chi connectivity index (χ1) is 15.8. The van der Waals surface area contributed by atoms with Crippen LogP contribution in [0.5, 0.6) is 0 Å². The maximum Gasteiger partial charge on any atom is 0.333 e. The SMILES string of the molecule is O=C(Cc1cccc(-c2ccc(Cl)c(Cl)c2)c1)Nc1ccc(-n2cc(F)c(=O)[nH]c2=O)cc1. The van der Waals surface area contributed by atoms with E-state index < -0.39 is 17.1 Å². The van der Waals surface area contributed by atoms with Crippen LogP contribution in [0.3, 0.4) is 0 Å². The summed E-state index contributed by atoms with van der Waals surface area (Å²) in [6.07, 6.45) is 0.955. The van der Waals surface area contributed by atoms with Gasteiger partial charge in [-0.15, -0.1) is 0 Å². The molecule has 0 fully saturated rings. The molecule has 1 aromatic heterocycles. The number of anilines is 1. The minimum Gasteiger partial charge on any atom is -0.326 e. The standard InChI is InChI=1S/C24H16Cl2FN3O3/c25-19-9-4-16(12-20(19)26)15-3-1-2-14(10-15)11-22(31)28-17-5-7-18(8-6-17)30-13-21(27)23(32)29-24(30)33/h1-10,12-13H,11H2,(H,28,31)(H,29,32,33). The molecule has 166 valence electrons. The topological polar surface area (TPSA) is 84.0 Å². The van der Waals surface area contributed by atoms with Crippen LogP contribution in [-0.4, -0.2) is 15.5 Å². The average molecular weight is 484 g/mol. The van der Waals surface area contributed by atoms with Crippen LogP contribution >= 0.6 is 23.2 Å². The van der Waals surface area contributed by atoms with Crippen molar-refractivity contribution in [3.05, 3.63) is 115 Å². The fourth-order valence-electron chi connectivity index (χ4n) is 3.27.